The third kappa shape index (κ3) is 3.60. The molecule has 0 aliphatic carbocycles. The Labute approximate surface area is 141 Å². The first kappa shape index (κ1) is 18.0. The van der Waals surface area contributed by atoms with Crippen LogP contribution in [0.25, 0.3) is 0 Å². The van der Waals surface area contributed by atoms with Gasteiger partial charge in [0.25, 0.3) is 15.9 Å². The zero-order chi connectivity index (χ0) is 17.9. The number of rotatable bonds is 7. The van der Waals surface area contributed by atoms with Gasteiger partial charge in [-0.05, 0) is 24.6 Å². The fourth-order valence-electron chi connectivity index (χ4n) is 2.30. The molecule has 1 unspecified atom stereocenters. The Kier molecular flexibility index (Phi) is 5.30. The van der Waals surface area contributed by atoms with Gasteiger partial charge < -0.3 is 15.4 Å². The average molecular weight is 351 g/mol. The largest absolute Gasteiger partial charge is 0.391 e. The summed E-state index contributed by atoms with van der Waals surface area (Å²) in [6.45, 7) is 1.69. The van der Waals surface area contributed by atoms with E-state index in [2.05, 4.69) is 0 Å². The number of carbonyl (C=O) groups excluding carboxylic acids is 1. The third-order valence-electron chi connectivity index (χ3n) is 3.71. The van der Waals surface area contributed by atoms with Crippen LogP contribution in [-0.4, -0.2) is 36.6 Å². The van der Waals surface area contributed by atoms with Crippen LogP contribution in [0.4, 0.5) is 5.69 Å². The zero-order valence-corrected chi connectivity index (χ0v) is 14.4. The van der Waals surface area contributed by atoms with Gasteiger partial charge in [-0.2, -0.15) is 0 Å². The second kappa shape index (κ2) is 7.06. The SMILES string of the molecule is CCC(O)CN(c1ccccc1)S(=O)(=O)c1cc(C(N)=O)n(C)c1. The molecule has 24 heavy (non-hydrogen) atoms. The molecule has 1 amide bonds. The van der Waals surface area contributed by atoms with E-state index in [9.17, 15) is 18.3 Å². The van der Waals surface area contributed by atoms with Crippen LogP contribution in [0.15, 0.2) is 47.5 Å². The molecule has 0 saturated carbocycles. The fourth-order valence-corrected chi connectivity index (χ4v) is 3.88. The van der Waals surface area contributed by atoms with Crippen LogP contribution in [0.3, 0.4) is 0 Å². The van der Waals surface area contributed by atoms with Gasteiger partial charge in [0, 0.05) is 13.2 Å². The number of aromatic nitrogens is 1. The molecule has 0 saturated heterocycles. The molecule has 130 valence electrons. The quantitative estimate of drug-likeness (QED) is 0.779. The number of anilines is 1. The van der Waals surface area contributed by atoms with Crippen molar-refractivity contribution in [2.45, 2.75) is 24.3 Å². The van der Waals surface area contributed by atoms with E-state index in [0.29, 0.717) is 12.1 Å². The standard InChI is InChI=1S/C16H21N3O4S/c1-3-13(20)10-19(12-7-5-4-6-8-12)24(22,23)14-9-15(16(17)21)18(2)11-14/h4-9,11,13,20H,3,10H2,1-2H3,(H2,17,21). The number of primary amides is 1. The summed E-state index contributed by atoms with van der Waals surface area (Å²) >= 11 is 0. The molecule has 1 aromatic carbocycles. The van der Waals surface area contributed by atoms with E-state index in [1.807, 2.05) is 0 Å². The number of para-hydroxylation sites is 1. The molecule has 1 atom stereocenters. The van der Waals surface area contributed by atoms with Crippen molar-refractivity contribution in [2.75, 3.05) is 10.8 Å². The number of nitrogens with zero attached hydrogens (tertiary/aromatic N) is 2. The van der Waals surface area contributed by atoms with Crippen molar-refractivity contribution in [3.8, 4) is 0 Å². The molecule has 8 heteroatoms. The molecule has 2 aromatic rings. The Morgan fingerprint density at radius 1 is 1.33 bits per heavy atom. The molecule has 0 aliphatic heterocycles. The lowest BCUT2D eigenvalue weighted by Gasteiger charge is -2.26. The Bertz CT molecular complexity index is 815. The van der Waals surface area contributed by atoms with Gasteiger partial charge in [-0.15, -0.1) is 0 Å². The van der Waals surface area contributed by atoms with E-state index < -0.39 is 22.0 Å². The van der Waals surface area contributed by atoms with Crippen molar-refractivity contribution < 1.29 is 18.3 Å². The van der Waals surface area contributed by atoms with E-state index in [1.165, 1.54) is 16.8 Å². The van der Waals surface area contributed by atoms with Gasteiger partial charge in [0.05, 0.1) is 18.3 Å². The summed E-state index contributed by atoms with van der Waals surface area (Å²) in [4.78, 5) is 11.3. The fraction of sp³-hybridized carbons (Fsp3) is 0.312. The lowest BCUT2D eigenvalue weighted by Crippen LogP contribution is -2.37. The molecular weight excluding hydrogens is 330 g/mol. The van der Waals surface area contributed by atoms with Crippen molar-refractivity contribution in [3.05, 3.63) is 48.3 Å². The monoisotopic (exact) mass is 351 g/mol. The molecule has 0 spiro atoms. The molecule has 0 radical (unpaired) electrons. The van der Waals surface area contributed by atoms with E-state index in [0.717, 1.165) is 4.31 Å². The number of hydrogen-bond donors (Lipinski definition) is 2. The van der Waals surface area contributed by atoms with E-state index in [1.54, 1.807) is 44.3 Å². The maximum Gasteiger partial charge on any atom is 0.265 e. The molecular formula is C16H21N3O4S. The topological polar surface area (TPSA) is 106 Å². The molecule has 0 fully saturated rings. The summed E-state index contributed by atoms with van der Waals surface area (Å²) in [5, 5.41) is 9.96. The molecule has 2 rings (SSSR count). The van der Waals surface area contributed by atoms with Crippen molar-refractivity contribution in [3.63, 3.8) is 0 Å². The van der Waals surface area contributed by atoms with Crippen LogP contribution in [0.5, 0.6) is 0 Å². The van der Waals surface area contributed by atoms with Gasteiger partial charge in [0.2, 0.25) is 0 Å². The van der Waals surface area contributed by atoms with E-state index >= 15 is 0 Å². The first-order valence-corrected chi connectivity index (χ1v) is 8.93. The molecule has 0 aliphatic rings. The number of aliphatic hydroxyl groups excluding tert-OH is 1. The van der Waals surface area contributed by atoms with Gasteiger partial charge >= 0.3 is 0 Å². The lowest BCUT2D eigenvalue weighted by atomic mass is 10.2. The average Bonchev–Trinajstić information content (AvgIpc) is 2.96. The minimum absolute atomic E-state index is 0.0500. The van der Waals surface area contributed by atoms with Gasteiger partial charge in [-0.25, -0.2) is 8.42 Å². The number of aliphatic hydroxyl groups is 1. The second-order valence-electron chi connectivity index (χ2n) is 5.47. The Morgan fingerprint density at radius 2 is 1.96 bits per heavy atom. The smallest absolute Gasteiger partial charge is 0.265 e. The minimum Gasteiger partial charge on any atom is -0.391 e. The van der Waals surface area contributed by atoms with Crippen LogP contribution in [0, 0.1) is 0 Å². The minimum atomic E-state index is -3.95. The van der Waals surface area contributed by atoms with Crippen LogP contribution < -0.4 is 10.0 Å². The highest BCUT2D eigenvalue weighted by molar-refractivity contribution is 7.92. The summed E-state index contributed by atoms with van der Waals surface area (Å²) in [7, 11) is -2.40. The third-order valence-corrected chi connectivity index (χ3v) is 5.47. The van der Waals surface area contributed by atoms with Crippen molar-refractivity contribution in [2.24, 2.45) is 12.8 Å². The first-order chi connectivity index (χ1) is 11.3. The zero-order valence-electron chi connectivity index (χ0n) is 13.6. The summed E-state index contributed by atoms with van der Waals surface area (Å²) < 4.78 is 28.6. The number of sulfonamides is 1. The van der Waals surface area contributed by atoms with Crippen LogP contribution in [0.2, 0.25) is 0 Å². The highest BCUT2D eigenvalue weighted by atomic mass is 32.2. The van der Waals surface area contributed by atoms with Crippen LogP contribution in [0.1, 0.15) is 23.8 Å². The predicted octanol–water partition coefficient (Wildman–Crippen LogP) is 1.09. The van der Waals surface area contributed by atoms with E-state index in [-0.39, 0.29) is 17.1 Å². The molecule has 1 heterocycles. The van der Waals surface area contributed by atoms with Gasteiger partial charge in [0.15, 0.2) is 0 Å². The predicted molar refractivity (Wildman–Crippen MR) is 91.2 cm³/mol. The summed E-state index contributed by atoms with van der Waals surface area (Å²) in [6.07, 6.45) is 0.948. The lowest BCUT2D eigenvalue weighted by molar-refractivity contribution is 0.0992. The number of aryl methyl sites for hydroxylation is 1. The second-order valence-corrected chi connectivity index (χ2v) is 7.33. The highest BCUT2D eigenvalue weighted by Crippen LogP contribution is 2.25. The number of amides is 1. The number of nitrogens with two attached hydrogens (primary N) is 1. The molecule has 7 nitrogen and oxygen atoms in total. The molecule has 1 aromatic heterocycles. The van der Waals surface area contributed by atoms with Gasteiger partial charge in [0.1, 0.15) is 10.6 Å². The molecule has 3 N–H and O–H groups in total. The molecule has 0 bridgehead atoms. The number of benzene rings is 1. The number of hydrogen-bond acceptors (Lipinski definition) is 4. The first-order valence-electron chi connectivity index (χ1n) is 7.49. The summed E-state index contributed by atoms with van der Waals surface area (Å²) in [5.41, 5.74) is 5.79. The van der Waals surface area contributed by atoms with Gasteiger partial charge in [-0.3, -0.25) is 9.10 Å². The van der Waals surface area contributed by atoms with Crippen LogP contribution in [-0.2, 0) is 17.1 Å². The van der Waals surface area contributed by atoms with Crippen molar-refractivity contribution >= 4 is 21.6 Å². The Morgan fingerprint density at radius 3 is 2.46 bits per heavy atom. The summed E-state index contributed by atoms with van der Waals surface area (Å²) in [5.74, 6) is -0.709. The highest BCUT2D eigenvalue weighted by Gasteiger charge is 2.28. The van der Waals surface area contributed by atoms with Gasteiger partial charge in [-0.1, -0.05) is 25.1 Å². The number of carbonyl (C=O) groups is 1. The summed E-state index contributed by atoms with van der Waals surface area (Å²) in [6, 6.07) is 9.76. The maximum absolute atomic E-state index is 13.0. The van der Waals surface area contributed by atoms with Crippen molar-refractivity contribution in [1.82, 2.24) is 4.57 Å². The van der Waals surface area contributed by atoms with Crippen LogP contribution >= 0.6 is 0 Å². The Hall–Kier alpha value is -2.32. The Balaban J connectivity index is 2.51. The van der Waals surface area contributed by atoms with E-state index in [4.69, 9.17) is 5.73 Å². The normalized spacial score (nSPS) is 12.8. The maximum atomic E-state index is 13.0. The van der Waals surface area contributed by atoms with Crippen molar-refractivity contribution in [1.29, 1.82) is 0 Å².